The molecule has 7 nitrogen and oxygen atoms in total. The van der Waals surface area contributed by atoms with Crippen molar-refractivity contribution >= 4 is 5.82 Å². The number of aromatic nitrogens is 5. The van der Waals surface area contributed by atoms with Crippen LogP contribution in [0.25, 0.3) is 11.4 Å². The molecule has 0 spiro atoms. The fourth-order valence-electron chi connectivity index (χ4n) is 2.94. The fourth-order valence-corrected chi connectivity index (χ4v) is 2.94. The summed E-state index contributed by atoms with van der Waals surface area (Å²) in [6.45, 7) is 0.677. The number of rotatable bonds is 3. The summed E-state index contributed by atoms with van der Waals surface area (Å²) in [5.74, 6) is 2.00. The van der Waals surface area contributed by atoms with Crippen LogP contribution in [0, 0.1) is 17.1 Å². The molecule has 0 aliphatic carbocycles. The molecule has 0 bridgehead atoms. The maximum atomic E-state index is 13.1. The number of nitriles is 1. The minimum absolute atomic E-state index is 0.143. The number of anilines is 1. The number of halogens is 1. The first kappa shape index (κ1) is 15.2. The van der Waals surface area contributed by atoms with Gasteiger partial charge in [-0.15, -0.1) is 20.4 Å². The Morgan fingerprint density at radius 2 is 1.92 bits per heavy atom. The van der Waals surface area contributed by atoms with Crippen molar-refractivity contribution in [3.8, 4) is 17.5 Å². The lowest BCUT2D eigenvalue weighted by Crippen LogP contribution is -2.32. The van der Waals surface area contributed by atoms with Crippen LogP contribution in [0.1, 0.15) is 17.9 Å². The van der Waals surface area contributed by atoms with E-state index in [4.69, 9.17) is 5.26 Å². The zero-order valence-corrected chi connectivity index (χ0v) is 13.2. The molecule has 8 heteroatoms. The van der Waals surface area contributed by atoms with Crippen LogP contribution >= 0.6 is 0 Å². The molecule has 2 aromatic heterocycles. The molecule has 3 heterocycles. The van der Waals surface area contributed by atoms with Crippen LogP contribution in [0.5, 0.6) is 0 Å². The van der Waals surface area contributed by atoms with E-state index in [1.807, 2.05) is 10.6 Å². The Morgan fingerprint density at radius 1 is 1.08 bits per heavy atom. The normalized spacial score (nSPS) is 16.1. The van der Waals surface area contributed by atoms with E-state index in [0.29, 0.717) is 12.4 Å². The lowest BCUT2D eigenvalue weighted by Gasteiger charge is -2.25. The topological polar surface area (TPSA) is 92.3 Å². The third kappa shape index (κ3) is 3.04. The molecule has 0 saturated carbocycles. The Labute approximate surface area is 143 Å². The molecule has 1 aliphatic rings. The summed E-state index contributed by atoms with van der Waals surface area (Å²) >= 11 is 0. The van der Waals surface area contributed by atoms with E-state index in [0.717, 1.165) is 30.1 Å². The molecule has 0 fully saturated rings. The van der Waals surface area contributed by atoms with Crippen molar-refractivity contribution < 1.29 is 4.39 Å². The van der Waals surface area contributed by atoms with Crippen LogP contribution in [0.3, 0.4) is 0 Å². The number of fused-ring (bicyclic) bond motifs is 1. The van der Waals surface area contributed by atoms with Gasteiger partial charge in [-0.3, -0.25) is 0 Å². The summed E-state index contributed by atoms with van der Waals surface area (Å²) in [6.07, 6.45) is 1.68. The van der Waals surface area contributed by atoms with E-state index in [2.05, 4.69) is 25.7 Å². The summed E-state index contributed by atoms with van der Waals surface area (Å²) in [5, 5.41) is 28.5. The third-order valence-electron chi connectivity index (χ3n) is 4.18. The van der Waals surface area contributed by atoms with Gasteiger partial charge >= 0.3 is 0 Å². The van der Waals surface area contributed by atoms with Gasteiger partial charge in [0, 0.05) is 24.6 Å². The smallest absolute Gasteiger partial charge is 0.164 e. The first-order valence-electron chi connectivity index (χ1n) is 7.91. The Balaban J connectivity index is 1.55. The minimum atomic E-state index is -0.277. The van der Waals surface area contributed by atoms with Crippen LogP contribution in [-0.4, -0.2) is 31.0 Å². The maximum Gasteiger partial charge on any atom is 0.164 e. The second-order valence-electron chi connectivity index (χ2n) is 5.85. The highest BCUT2D eigenvalue weighted by atomic mass is 19.1. The molecule has 1 atom stereocenters. The van der Waals surface area contributed by atoms with Crippen LogP contribution in [0.15, 0.2) is 36.4 Å². The largest absolute Gasteiger partial charge is 0.364 e. The molecule has 124 valence electrons. The first-order chi connectivity index (χ1) is 12.2. The molecule has 4 rings (SSSR count). The van der Waals surface area contributed by atoms with Gasteiger partial charge < -0.3 is 9.88 Å². The van der Waals surface area contributed by atoms with Crippen molar-refractivity contribution in [2.75, 3.05) is 5.32 Å². The van der Waals surface area contributed by atoms with E-state index in [-0.39, 0.29) is 17.6 Å². The number of aryl methyl sites for hydroxylation is 1. The predicted molar refractivity (Wildman–Crippen MR) is 87.9 cm³/mol. The van der Waals surface area contributed by atoms with Gasteiger partial charge in [-0.2, -0.15) is 5.26 Å². The molecule has 0 saturated heterocycles. The van der Waals surface area contributed by atoms with Gasteiger partial charge in [-0.1, -0.05) is 0 Å². The van der Waals surface area contributed by atoms with Crippen LogP contribution in [0.2, 0.25) is 0 Å². The van der Waals surface area contributed by atoms with Crippen LogP contribution in [-0.2, 0) is 13.0 Å². The summed E-state index contributed by atoms with van der Waals surface area (Å²) in [4.78, 5) is 0. The molecule has 1 unspecified atom stereocenters. The second-order valence-corrected chi connectivity index (χ2v) is 5.85. The predicted octanol–water partition coefficient (Wildman–Crippen LogP) is 2.17. The highest BCUT2D eigenvalue weighted by molar-refractivity contribution is 5.55. The third-order valence-corrected chi connectivity index (χ3v) is 4.18. The first-order valence-corrected chi connectivity index (χ1v) is 7.91. The highest BCUT2D eigenvalue weighted by Crippen LogP contribution is 2.24. The summed E-state index contributed by atoms with van der Waals surface area (Å²) in [5.41, 5.74) is 1.12. The lowest BCUT2D eigenvalue weighted by molar-refractivity contribution is 0.478. The lowest BCUT2D eigenvalue weighted by atomic mass is 10.1. The van der Waals surface area contributed by atoms with E-state index in [9.17, 15) is 4.39 Å². The van der Waals surface area contributed by atoms with Gasteiger partial charge in [0.1, 0.15) is 23.5 Å². The summed E-state index contributed by atoms with van der Waals surface area (Å²) in [6, 6.07) is 11.7. The van der Waals surface area contributed by atoms with Gasteiger partial charge in [-0.25, -0.2) is 4.39 Å². The Bertz CT molecular complexity index is 925. The molecule has 1 aromatic carbocycles. The van der Waals surface area contributed by atoms with Crippen molar-refractivity contribution in [3.05, 3.63) is 53.7 Å². The molecular formula is C17H14FN7. The van der Waals surface area contributed by atoms with Crippen LogP contribution < -0.4 is 5.32 Å². The van der Waals surface area contributed by atoms with Crippen LogP contribution in [0.4, 0.5) is 10.2 Å². The van der Waals surface area contributed by atoms with E-state index >= 15 is 0 Å². The van der Waals surface area contributed by atoms with E-state index < -0.39 is 0 Å². The van der Waals surface area contributed by atoms with Gasteiger partial charge in [0.15, 0.2) is 11.5 Å². The van der Waals surface area contributed by atoms with Gasteiger partial charge in [-0.05, 0) is 42.8 Å². The molecule has 1 N–H and O–H groups in total. The van der Waals surface area contributed by atoms with Crippen molar-refractivity contribution in [1.29, 1.82) is 5.26 Å². The van der Waals surface area contributed by atoms with E-state index in [1.54, 1.807) is 24.3 Å². The summed E-state index contributed by atoms with van der Waals surface area (Å²) < 4.78 is 15.2. The average Bonchev–Trinajstić information content (AvgIpc) is 3.06. The van der Waals surface area contributed by atoms with Crippen molar-refractivity contribution in [3.63, 3.8) is 0 Å². The molecule has 0 radical (unpaired) electrons. The second kappa shape index (κ2) is 6.28. The Hall–Kier alpha value is -3.34. The molecule has 3 aromatic rings. The zero-order chi connectivity index (χ0) is 17.2. The van der Waals surface area contributed by atoms with Crippen molar-refractivity contribution in [2.24, 2.45) is 0 Å². The molecule has 0 amide bonds. The number of nitrogens with zero attached hydrogens (tertiary/aromatic N) is 6. The number of benzene rings is 1. The number of nitrogens with one attached hydrogen (secondary N) is 1. The standard InChI is InChI=1S/C17H14FN7/c18-12-3-1-11(2-4-12)17-24-23-16-8-6-14(10-25(16)17)20-15-7-5-13(9-19)21-22-15/h1-5,7,14H,6,8,10H2,(H,20,22). The molecular weight excluding hydrogens is 321 g/mol. The Morgan fingerprint density at radius 3 is 2.64 bits per heavy atom. The van der Waals surface area contributed by atoms with Gasteiger partial charge in [0.2, 0.25) is 0 Å². The summed E-state index contributed by atoms with van der Waals surface area (Å²) in [7, 11) is 0. The number of hydrogen-bond acceptors (Lipinski definition) is 6. The molecule has 1 aliphatic heterocycles. The monoisotopic (exact) mass is 335 g/mol. The quantitative estimate of drug-likeness (QED) is 0.788. The molecule has 25 heavy (non-hydrogen) atoms. The Kier molecular flexibility index (Phi) is 3.82. The average molecular weight is 335 g/mol. The SMILES string of the molecule is N#Cc1ccc(NC2CCc3nnc(-c4ccc(F)cc4)n3C2)nn1. The van der Waals surface area contributed by atoms with Gasteiger partial charge in [0.05, 0.1) is 0 Å². The highest BCUT2D eigenvalue weighted by Gasteiger charge is 2.23. The van der Waals surface area contributed by atoms with Crippen molar-refractivity contribution in [2.45, 2.75) is 25.4 Å². The minimum Gasteiger partial charge on any atom is -0.364 e. The maximum absolute atomic E-state index is 13.1. The zero-order valence-electron chi connectivity index (χ0n) is 13.2. The van der Waals surface area contributed by atoms with Gasteiger partial charge in [0.25, 0.3) is 0 Å². The number of hydrogen-bond donors (Lipinski definition) is 1. The van der Waals surface area contributed by atoms with E-state index in [1.165, 1.54) is 12.1 Å². The fraction of sp³-hybridized carbons (Fsp3) is 0.235. The van der Waals surface area contributed by atoms with Crippen molar-refractivity contribution in [1.82, 2.24) is 25.0 Å².